The minimum Gasteiger partial charge on any atom is -0.199 e. The molecule has 0 bridgehead atoms. The Labute approximate surface area is 242 Å². The van der Waals surface area contributed by atoms with E-state index >= 15 is 0 Å². The van der Waals surface area contributed by atoms with Crippen molar-refractivity contribution in [2.45, 2.75) is 53.4 Å². The fourth-order valence-corrected chi connectivity index (χ4v) is 4.98. The van der Waals surface area contributed by atoms with Crippen molar-refractivity contribution in [1.82, 2.24) is 0 Å². The summed E-state index contributed by atoms with van der Waals surface area (Å²) in [7, 11) is 0. The van der Waals surface area contributed by atoms with Gasteiger partial charge in [0.2, 0.25) is 0 Å². The maximum Gasteiger partial charge on any atom is 4.00 e. The zero-order chi connectivity index (χ0) is 26.7. The summed E-state index contributed by atoms with van der Waals surface area (Å²) in [6.07, 6.45) is 0. The van der Waals surface area contributed by atoms with Gasteiger partial charge in [-0.25, -0.2) is 0 Å². The maximum absolute atomic E-state index is 3.72. The molecule has 0 radical (unpaired) electrons. The van der Waals surface area contributed by atoms with E-state index < -0.39 is 0 Å². The summed E-state index contributed by atoms with van der Waals surface area (Å²) in [5, 5.41) is 0. The van der Waals surface area contributed by atoms with Gasteiger partial charge < -0.3 is 0 Å². The van der Waals surface area contributed by atoms with Crippen LogP contribution >= 0.6 is 0 Å². The van der Waals surface area contributed by atoms with E-state index in [0.29, 0.717) is 0 Å². The maximum atomic E-state index is 3.72. The fraction of sp³-hybridized carbons (Fsp3) is 0.278. The van der Waals surface area contributed by atoms with Crippen LogP contribution in [0.25, 0.3) is 0 Å². The van der Waals surface area contributed by atoms with Crippen LogP contribution in [0.4, 0.5) is 0 Å². The third kappa shape index (κ3) is 9.96. The predicted octanol–water partition coefficient (Wildman–Crippen LogP) is 10.1. The van der Waals surface area contributed by atoms with Gasteiger partial charge in [0.05, 0.1) is 0 Å². The van der Waals surface area contributed by atoms with E-state index in [4.69, 9.17) is 0 Å². The van der Waals surface area contributed by atoms with Crippen molar-refractivity contribution in [3.63, 3.8) is 0 Å². The fourth-order valence-electron chi connectivity index (χ4n) is 4.98. The summed E-state index contributed by atoms with van der Waals surface area (Å²) in [4.78, 5) is 0. The second-order valence-electron chi connectivity index (χ2n) is 10.1. The number of rotatable bonds is 0. The van der Waals surface area contributed by atoms with Gasteiger partial charge in [-0.05, 0) is 17.8 Å². The number of hydrogen-bond donors (Lipinski definition) is 0. The first-order valence-electron chi connectivity index (χ1n) is 13.0. The zero-order valence-corrected chi connectivity index (χ0v) is 25.2. The van der Waals surface area contributed by atoms with Gasteiger partial charge in [-0.3, -0.25) is 0 Å². The predicted molar refractivity (Wildman–Crippen MR) is 159 cm³/mol. The van der Waals surface area contributed by atoms with E-state index in [2.05, 4.69) is 68.4 Å². The Kier molecular flexibility index (Phi) is 14.2. The Morgan fingerprint density at radius 1 is 0.568 bits per heavy atom. The van der Waals surface area contributed by atoms with Crippen molar-refractivity contribution >= 4 is 0 Å². The van der Waals surface area contributed by atoms with Crippen molar-refractivity contribution in [3.8, 4) is 0 Å². The molecule has 37 heavy (non-hydrogen) atoms. The summed E-state index contributed by atoms with van der Waals surface area (Å²) in [6.45, 7) is 25.3. The largest absolute Gasteiger partial charge is 4.00 e. The molecule has 1 aliphatic rings. The van der Waals surface area contributed by atoms with E-state index in [1.807, 2.05) is 91.0 Å². The second kappa shape index (κ2) is 16.2. The Bertz CT molecular complexity index is 1000. The van der Waals surface area contributed by atoms with Crippen LogP contribution in [-0.2, 0) is 21.7 Å². The summed E-state index contributed by atoms with van der Waals surface area (Å²) in [6, 6.07) is 32.0. The van der Waals surface area contributed by atoms with E-state index in [0.717, 1.165) is 40.4 Å². The average Bonchev–Trinajstić information content (AvgIpc) is 3.17. The molecule has 0 nitrogen and oxygen atoms in total. The Morgan fingerprint density at radius 3 is 1.19 bits per heavy atom. The standard InChI is InChI=1S/C15H23.3C7H7.Ti/c1-8-7-9(2)15-13(6)11(4)10(3)12(5)14(8)15;3*1-7-5-3-2-4-6-7;/h7,10-13H,1-6H3;3*2-6H,1H2;/q4*-1;+4. The van der Waals surface area contributed by atoms with Crippen molar-refractivity contribution in [2.24, 2.45) is 11.8 Å². The summed E-state index contributed by atoms with van der Waals surface area (Å²) in [5.74, 6) is 3.10. The molecule has 0 spiro atoms. The molecule has 4 aromatic carbocycles. The number of aryl methyl sites for hydroxylation is 2. The molecule has 1 heteroatoms. The van der Waals surface area contributed by atoms with Gasteiger partial charge >= 0.3 is 21.7 Å². The molecule has 0 amide bonds. The first-order valence-corrected chi connectivity index (χ1v) is 13.0. The van der Waals surface area contributed by atoms with E-state index in [1.54, 1.807) is 11.1 Å². The summed E-state index contributed by atoms with van der Waals surface area (Å²) < 4.78 is 0. The van der Waals surface area contributed by atoms with Gasteiger partial charge in [0.1, 0.15) is 0 Å². The second-order valence-corrected chi connectivity index (χ2v) is 10.1. The average molecular weight is 525 g/mol. The number of fused-ring (bicyclic) bond motifs is 1. The van der Waals surface area contributed by atoms with Crippen LogP contribution < -0.4 is 0 Å². The molecule has 0 saturated heterocycles. The van der Waals surface area contributed by atoms with Gasteiger partial charge in [0, 0.05) is 0 Å². The van der Waals surface area contributed by atoms with Gasteiger partial charge in [-0.2, -0.15) is 102 Å². The van der Waals surface area contributed by atoms with Crippen LogP contribution in [0.15, 0.2) is 97.1 Å². The van der Waals surface area contributed by atoms with Crippen LogP contribution in [0.2, 0.25) is 0 Å². The van der Waals surface area contributed by atoms with Gasteiger partial charge in [0.25, 0.3) is 0 Å². The molecule has 0 fully saturated rings. The van der Waals surface area contributed by atoms with Crippen LogP contribution in [0.1, 0.15) is 78.5 Å². The summed E-state index contributed by atoms with van der Waals surface area (Å²) in [5.41, 5.74) is 9.56. The minimum atomic E-state index is 0. The van der Waals surface area contributed by atoms with Crippen LogP contribution in [0.3, 0.4) is 0 Å². The monoisotopic (exact) mass is 524 g/mol. The van der Waals surface area contributed by atoms with Gasteiger partial charge in [-0.1, -0.05) is 65.7 Å². The first kappa shape index (κ1) is 32.4. The molecule has 4 unspecified atom stereocenters. The molecule has 0 heterocycles. The molecule has 4 aromatic rings. The Balaban J connectivity index is 0.000000264. The van der Waals surface area contributed by atoms with Crippen LogP contribution in [0.5, 0.6) is 0 Å². The van der Waals surface area contributed by atoms with E-state index in [1.165, 1.54) is 11.1 Å². The summed E-state index contributed by atoms with van der Waals surface area (Å²) >= 11 is 0. The number of hydrogen-bond acceptors (Lipinski definition) is 0. The molecule has 5 rings (SSSR count). The Hall–Kier alpha value is -2.67. The smallest absolute Gasteiger partial charge is 0.199 e. The van der Waals surface area contributed by atoms with Gasteiger partial charge in [0.15, 0.2) is 0 Å². The molecular weight excluding hydrogens is 480 g/mol. The molecule has 0 aromatic heterocycles. The van der Waals surface area contributed by atoms with Crippen LogP contribution in [0, 0.1) is 46.5 Å². The van der Waals surface area contributed by atoms with Gasteiger partial charge in [-0.15, -0.1) is 36.4 Å². The van der Waals surface area contributed by atoms with Crippen molar-refractivity contribution in [1.29, 1.82) is 0 Å². The third-order valence-electron chi connectivity index (χ3n) is 7.42. The molecular formula is C36H44Ti. The van der Waals surface area contributed by atoms with Crippen molar-refractivity contribution in [2.75, 3.05) is 0 Å². The molecule has 0 N–H and O–H groups in total. The zero-order valence-electron chi connectivity index (χ0n) is 23.7. The molecule has 192 valence electrons. The SMILES string of the molecule is Cc1c[c-](C)c2c1C(C)C(C)C(C)C2C.[CH2-]c1ccccc1.[CH2-]c1ccccc1.[CH2-]c1ccccc1.[Ti+4]. The first-order chi connectivity index (χ1) is 17.1. The molecule has 4 atom stereocenters. The molecule has 1 aliphatic carbocycles. The van der Waals surface area contributed by atoms with Crippen molar-refractivity contribution < 1.29 is 21.7 Å². The third-order valence-corrected chi connectivity index (χ3v) is 7.42. The minimum absolute atomic E-state index is 0. The van der Waals surface area contributed by atoms with Crippen molar-refractivity contribution in [3.05, 3.63) is 157 Å². The molecule has 0 aliphatic heterocycles. The molecule has 0 saturated carbocycles. The number of benzene rings is 3. The van der Waals surface area contributed by atoms with E-state index in [-0.39, 0.29) is 21.7 Å². The Morgan fingerprint density at radius 2 is 0.892 bits per heavy atom. The topological polar surface area (TPSA) is 0 Å². The van der Waals surface area contributed by atoms with Crippen LogP contribution in [-0.4, -0.2) is 0 Å². The normalized spacial score (nSPS) is 19.2. The quantitative estimate of drug-likeness (QED) is 0.159. The van der Waals surface area contributed by atoms with E-state index in [9.17, 15) is 0 Å².